The van der Waals surface area contributed by atoms with Gasteiger partial charge in [-0.1, -0.05) is 6.92 Å². The predicted molar refractivity (Wildman–Crippen MR) is 60.9 cm³/mol. The molecule has 0 atom stereocenters. The molecule has 1 aromatic heterocycles. The SMILES string of the molecule is CCNCc1ccc(CN2C(=O)CCC2=O)o1. The van der Waals surface area contributed by atoms with E-state index in [0.29, 0.717) is 25.1 Å². The summed E-state index contributed by atoms with van der Waals surface area (Å²) in [6, 6.07) is 3.68. The fraction of sp³-hybridized carbons (Fsp3) is 0.500. The van der Waals surface area contributed by atoms with Gasteiger partial charge in [-0.05, 0) is 18.7 Å². The standard InChI is InChI=1S/C12H16N2O3/c1-2-13-7-9-3-4-10(17-9)8-14-11(15)5-6-12(14)16/h3-4,13H,2,5-8H2,1H3. The highest BCUT2D eigenvalue weighted by Crippen LogP contribution is 2.17. The predicted octanol–water partition coefficient (Wildman–Crippen LogP) is 1.04. The van der Waals surface area contributed by atoms with Crippen LogP contribution < -0.4 is 5.32 Å². The zero-order chi connectivity index (χ0) is 12.3. The Hall–Kier alpha value is -1.62. The Morgan fingerprint density at radius 1 is 1.24 bits per heavy atom. The van der Waals surface area contributed by atoms with Crippen LogP contribution in [0.4, 0.5) is 0 Å². The normalized spacial score (nSPS) is 15.9. The summed E-state index contributed by atoms with van der Waals surface area (Å²) >= 11 is 0. The molecule has 0 aliphatic carbocycles. The van der Waals surface area contributed by atoms with Crippen molar-refractivity contribution in [3.8, 4) is 0 Å². The number of nitrogens with zero attached hydrogens (tertiary/aromatic N) is 1. The van der Waals surface area contributed by atoms with Crippen LogP contribution in [0.2, 0.25) is 0 Å². The number of carbonyl (C=O) groups excluding carboxylic acids is 2. The maximum Gasteiger partial charge on any atom is 0.230 e. The average Bonchev–Trinajstić information content (AvgIpc) is 2.88. The van der Waals surface area contributed by atoms with E-state index in [0.717, 1.165) is 12.3 Å². The number of hydrogen-bond acceptors (Lipinski definition) is 4. The molecule has 1 saturated heterocycles. The van der Waals surface area contributed by atoms with E-state index < -0.39 is 0 Å². The van der Waals surface area contributed by atoms with E-state index in [-0.39, 0.29) is 18.4 Å². The number of furan rings is 1. The van der Waals surface area contributed by atoms with Crippen molar-refractivity contribution in [1.29, 1.82) is 0 Å². The third-order valence-corrected chi connectivity index (χ3v) is 2.74. The first-order valence-electron chi connectivity index (χ1n) is 5.82. The molecule has 1 fully saturated rings. The summed E-state index contributed by atoms with van der Waals surface area (Å²) in [5.41, 5.74) is 0. The molecule has 0 radical (unpaired) electrons. The lowest BCUT2D eigenvalue weighted by atomic mass is 10.4. The Bertz CT molecular complexity index is 409. The fourth-order valence-corrected chi connectivity index (χ4v) is 1.81. The zero-order valence-electron chi connectivity index (χ0n) is 9.86. The van der Waals surface area contributed by atoms with Gasteiger partial charge in [-0.15, -0.1) is 0 Å². The average molecular weight is 236 g/mol. The molecule has 1 N–H and O–H groups in total. The Balaban J connectivity index is 1.96. The largest absolute Gasteiger partial charge is 0.463 e. The Morgan fingerprint density at radius 3 is 2.53 bits per heavy atom. The van der Waals surface area contributed by atoms with E-state index in [4.69, 9.17) is 4.42 Å². The highest BCUT2D eigenvalue weighted by atomic mass is 16.3. The van der Waals surface area contributed by atoms with Gasteiger partial charge in [0.1, 0.15) is 11.5 Å². The van der Waals surface area contributed by atoms with Crippen molar-refractivity contribution in [2.75, 3.05) is 6.54 Å². The molecule has 2 rings (SSSR count). The molecule has 0 spiro atoms. The van der Waals surface area contributed by atoms with E-state index in [9.17, 15) is 9.59 Å². The number of imide groups is 1. The van der Waals surface area contributed by atoms with Gasteiger partial charge in [0.15, 0.2) is 0 Å². The van der Waals surface area contributed by atoms with Crippen molar-refractivity contribution >= 4 is 11.8 Å². The molecular weight excluding hydrogens is 220 g/mol. The minimum atomic E-state index is -0.111. The van der Waals surface area contributed by atoms with Crippen molar-refractivity contribution in [2.24, 2.45) is 0 Å². The summed E-state index contributed by atoms with van der Waals surface area (Å²) in [6.07, 6.45) is 0.646. The van der Waals surface area contributed by atoms with Crippen molar-refractivity contribution < 1.29 is 14.0 Å². The first-order valence-corrected chi connectivity index (χ1v) is 5.82. The van der Waals surface area contributed by atoms with Crippen molar-refractivity contribution in [3.63, 3.8) is 0 Å². The topological polar surface area (TPSA) is 62.6 Å². The van der Waals surface area contributed by atoms with Crippen LogP contribution in [0, 0.1) is 0 Å². The van der Waals surface area contributed by atoms with Crippen molar-refractivity contribution in [2.45, 2.75) is 32.9 Å². The molecule has 2 heterocycles. The quantitative estimate of drug-likeness (QED) is 0.776. The van der Waals surface area contributed by atoms with Crippen LogP contribution in [0.25, 0.3) is 0 Å². The summed E-state index contributed by atoms with van der Waals surface area (Å²) in [5.74, 6) is 1.25. The van der Waals surface area contributed by atoms with Crippen molar-refractivity contribution in [1.82, 2.24) is 10.2 Å². The number of hydrogen-bond donors (Lipinski definition) is 1. The second-order valence-electron chi connectivity index (χ2n) is 4.02. The minimum Gasteiger partial charge on any atom is -0.463 e. The molecule has 0 unspecified atom stereocenters. The van der Waals surface area contributed by atoms with Crippen LogP contribution in [0.15, 0.2) is 16.5 Å². The second-order valence-corrected chi connectivity index (χ2v) is 4.02. The maximum absolute atomic E-state index is 11.4. The van der Waals surface area contributed by atoms with Gasteiger partial charge in [-0.3, -0.25) is 14.5 Å². The molecule has 1 aliphatic heterocycles. The minimum absolute atomic E-state index is 0.111. The van der Waals surface area contributed by atoms with Gasteiger partial charge in [0.2, 0.25) is 11.8 Å². The maximum atomic E-state index is 11.4. The second kappa shape index (κ2) is 5.14. The molecule has 2 amide bonds. The first kappa shape index (κ1) is 11.9. The molecule has 1 aliphatic rings. The van der Waals surface area contributed by atoms with E-state index in [1.165, 1.54) is 4.90 Å². The number of nitrogens with one attached hydrogen (secondary N) is 1. The number of likely N-dealkylation sites (tertiary alicyclic amines) is 1. The van der Waals surface area contributed by atoms with Crippen LogP contribution in [0.1, 0.15) is 31.3 Å². The summed E-state index contributed by atoms with van der Waals surface area (Å²) in [6.45, 7) is 3.81. The molecule has 17 heavy (non-hydrogen) atoms. The zero-order valence-corrected chi connectivity index (χ0v) is 9.86. The molecule has 0 bridgehead atoms. The highest BCUT2D eigenvalue weighted by molar-refractivity contribution is 6.01. The summed E-state index contributed by atoms with van der Waals surface area (Å²) in [7, 11) is 0. The molecule has 0 saturated carbocycles. The van der Waals surface area contributed by atoms with Gasteiger partial charge >= 0.3 is 0 Å². The Morgan fingerprint density at radius 2 is 1.88 bits per heavy atom. The Labute approximate surface area is 99.8 Å². The number of amides is 2. The van der Waals surface area contributed by atoms with E-state index in [2.05, 4.69) is 5.32 Å². The van der Waals surface area contributed by atoms with Gasteiger partial charge in [0, 0.05) is 12.8 Å². The molecule has 0 aromatic carbocycles. The van der Waals surface area contributed by atoms with E-state index in [1.807, 2.05) is 19.1 Å². The van der Waals surface area contributed by atoms with E-state index >= 15 is 0 Å². The highest BCUT2D eigenvalue weighted by Gasteiger charge is 2.29. The van der Waals surface area contributed by atoms with Crippen LogP contribution in [0.3, 0.4) is 0 Å². The smallest absolute Gasteiger partial charge is 0.230 e. The summed E-state index contributed by atoms with van der Waals surface area (Å²) < 4.78 is 5.54. The lowest BCUT2D eigenvalue weighted by molar-refractivity contribution is -0.139. The summed E-state index contributed by atoms with van der Waals surface area (Å²) in [5, 5.41) is 3.15. The Kier molecular flexibility index (Phi) is 3.58. The van der Waals surface area contributed by atoms with Crippen LogP contribution in [-0.2, 0) is 22.7 Å². The third-order valence-electron chi connectivity index (χ3n) is 2.74. The third kappa shape index (κ3) is 2.74. The van der Waals surface area contributed by atoms with Crippen LogP contribution >= 0.6 is 0 Å². The number of rotatable bonds is 5. The summed E-state index contributed by atoms with van der Waals surface area (Å²) in [4.78, 5) is 24.1. The van der Waals surface area contributed by atoms with Gasteiger partial charge in [0.05, 0.1) is 13.1 Å². The molecule has 5 heteroatoms. The lowest BCUT2D eigenvalue weighted by Gasteiger charge is -2.11. The molecule has 92 valence electrons. The number of carbonyl (C=O) groups is 2. The lowest BCUT2D eigenvalue weighted by Crippen LogP contribution is -2.28. The monoisotopic (exact) mass is 236 g/mol. The van der Waals surface area contributed by atoms with Crippen LogP contribution in [-0.4, -0.2) is 23.3 Å². The van der Waals surface area contributed by atoms with Gasteiger partial charge in [-0.2, -0.15) is 0 Å². The first-order chi connectivity index (χ1) is 8.20. The molecule has 1 aromatic rings. The van der Waals surface area contributed by atoms with Gasteiger partial charge in [0.25, 0.3) is 0 Å². The fourth-order valence-electron chi connectivity index (χ4n) is 1.81. The molecular formula is C12H16N2O3. The van der Waals surface area contributed by atoms with Gasteiger partial charge in [-0.25, -0.2) is 0 Å². The van der Waals surface area contributed by atoms with Gasteiger partial charge < -0.3 is 9.73 Å². The van der Waals surface area contributed by atoms with Crippen LogP contribution in [0.5, 0.6) is 0 Å². The molecule has 5 nitrogen and oxygen atoms in total. The van der Waals surface area contributed by atoms with Crippen molar-refractivity contribution in [3.05, 3.63) is 23.7 Å². The van der Waals surface area contributed by atoms with E-state index in [1.54, 1.807) is 0 Å².